The van der Waals surface area contributed by atoms with E-state index in [2.05, 4.69) is 45.4 Å². The maximum Gasteiger partial charge on any atom is 0.407 e. The number of hydrogen-bond donors (Lipinski definition) is 5. The van der Waals surface area contributed by atoms with Crippen LogP contribution in [0, 0.1) is 5.92 Å². The van der Waals surface area contributed by atoms with Crippen LogP contribution < -0.4 is 26.6 Å². The summed E-state index contributed by atoms with van der Waals surface area (Å²) in [5, 5.41) is 17.6. The number of rotatable bonds is 19. The number of carbonyl (C=O) groups is 4. The molecule has 5 N–H and O–H groups in total. The summed E-state index contributed by atoms with van der Waals surface area (Å²) in [6, 6.07) is 17.9. The number of alkyl carbamates (subject to hydrolysis) is 1. The molecule has 1 aliphatic heterocycles. The smallest absolute Gasteiger partial charge is 0.407 e. The van der Waals surface area contributed by atoms with Crippen molar-refractivity contribution in [3.05, 3.63) is 99.5 Å². The van der Waals surface area contributed by atoms with Gasteiger partial charge in [-0.25, -0.2) is 9.59 Å². The maximum absolute atomic E-state index is 14.0. The topological polar surface area (TPSA) is 154 Å². The van der Waals surface area contributed by atoms with Gasteiger partial charge in [0.2, 0.25) is 11.8 Å². The maximum atomic E-state index is 14.0. The van der Waals surface area contributed by atoms with Crippen molar-refractivity contribution in [1.82, 2.24) is 36.5 Å². The molecular formula is C38H51N7O5S2. The van der Waals surface area contributed by atoms with Crippen molar-refractivity contribution in [2.45, 2.75) is 83.0 Å². The van der Waals surface area contributed by atoms with Crippen molar-refractivity contribution in [2.24, 2.45) is 5.92 Å². The fraction of sp³-hybridized carbons (Fsp3) is 0.447. The monoisotopic (exact) mass is 749 g/mol. The van der Waals surface area contributed by atoms with E-state index in [-0.39, 0.29) is 48.8 Å². The quantitative estimate of drug-likeness (QED) is 0.112. The Hall–Kier alpha value is -4.56. The number of amides is 5. The van der Waals surface area contributed by atoms with Crippen LogP contribution in [-0.2, 0) is 33.8 Å². The molecule has 0 radical (unpaired) electrons. The molecule has 4 rings (SSSR count). The molecule has 0 fully saturated rings. The number of thioether (sulfide) groups is 1. The SMILES string of the molecule is CC(=O)NCCC(NC(=O)N(C)CC1=CSC(C(C)C)N1)C(=O)NC(CCC(Cc1ccccc1)NC(=O)OCc1cncs1)Cc1ccccc1. The molecule has 52 heavy (non-hydrogen) atoms. The molecule has 0 bridgehead atoms. The molecule has 0 spiro atoms. The van der Waals surface area contributed by atoms with Crippen molar-refractivity contribution in [2.75, 3.05) is 20.1 Å². The summed E-state index contributed by atoms with van der Waals surface area (Å²) in [4.78, 5) is 58.3. The van der Waals surface area contributed by atoms with E-state index in [4.69, 9.17) is 4.74 Å². The zero-order valence-electron chi connectivity index (χ0n) is 30.3. The second-order valence-corrected chi connectivity index (χ2v) is 15.3. The first kappa shape index (κ1) is 40.2. The molecule has 280 valence electrons. The van der Waals surface area contributed by atoms with Gasteiger partial charge in [-0.1, -0.05) is 74.5 Å². The van der Waals surface area contributed by atoms with Gasteiger partial charge < -0.3 is 36.2 Å². The molecule has 0 saturated carbocycles. The highest BCUT2D eigenvalue weighted by atomic mass is 32.2. The molecular weight excluding hydrogens is 699 g/mol. The van der Waals surface area contributed by atoms with Gasteiger partial charge in [0, 0.05) is 44.5 Å². The van der Waals surface area contributed by atoms with E-state index in [0.717, 1.165) is 21.7 Å². The Labute approximate surface area is 314 Å². The molecule has 4 unspecified atom stereocenters. The highest BCUT2D eigenvalue weighted by Gasteiger charge is 2.27. The average molecular weight is 750 g/mol. The Bertz CT molecular complexity index is 1590. The minimum atomic E-state index is -0.900. The van der Waals surface area contributed by atoms with Crippen molar-refractivity contribution in [3.63, 3.8) is 0 Å². The van der Waals surface area contributed by atoms with Crippen LogP contribution in [0.3, 0.4) is 0 Å². The molecule has 12 nitrogen and oxygen atoms in total. The molecule has 3 aromatic rings. The lowest BCUT2D eigenvalue weighted by Gasteiger charge is -2.27. The fourth-order valence-corrected chi connectivity index (χ4v) is 7.16. The van der Waals surface area contributed by atoms with Crippen molar-refractivity contribution >= 4 is 47.0 Å². The summed E-state index contributed by atoms with van der Waals surface area (Å²) in [7, 11) is 1.69. The number of ether oxygens (including phenoxy) is 1. The van der Waals surface area contributed by atoms with Crippen LogP contribution in [0.5, 0.6) is 0 Å². The average Bonchev–Trinajstić information content (AvgIpc) is 3.83. The van der Waals surface area contributed by atoms with E-state index >= 15 is 0 Å². The number of urea groups is 1. The van der Waals surface area contributed by atoms with Gasteiger partial charge in [0.05, 0.1) is 22.3 Å². The van der Waals surface area contributed by atoms with E-state index in [9.17, 15) is 19.2 Å². The number of nitrogens with zero attached hydrogens (tertiary/aromatic N) is 2. The van der Waals surface area contributed by atoms with Gasteiger partial charge in [-0.3, -0.25) is 14.6 Å². The molecule has 4 atom stereocenters. The minimum absolute atomic E-state index is 0.133. The van der Waals surface area contributed by atoms with Crippen LogP contribution in [0.2, 0.25) is 0 Å². The molecule has 1 aliphatic rings. The first-order valence-corrected chi connectivity index (χ1v) is 19.4. The number of likely N-dealkylation sites (N-methyl/N-ethyl adjacent to an activating group) is 1. The number of carbonyl (C=O) groups excluding carboxylic acids is 4. The zero-order valence-corrected chi connectivity index (χ0v) is 31.9. The second-order valence-electron chi connectivity index (χ2n) is 13.3. The van der Waals surface area contributed by atoms with Crippen LogP contribution in [0.15, 0.2) is 83.5 Å². The predicted octanol–water partition coefficient (Wildman–Crippen LogP) is 5.18. The number of thiazole rings is 1. The minimum Gasteiger partial charge on any atom is -0.444 e. The first-order chi connectivity index (χ1) is 25.0. The summed E-state index contributed by atoms with van der Waals surface area (Å²) in [5.41, 5.74) is 4.73. The summed E-state index contributed by atoms with van der Waals surface area (Å²) < 4.78 is 5.49. The first-order valence-electron chi connectivity index (χ1n) is 17.6. The van der Waals surface area contributed by atoms with Gasteiger partial charge in [0.15, 0.2) is 0 Å². The lowest BCUT2D eigenvalue weighted by Crippen LogP contribution is -2.54. The fourth-order valence-electron chi connectivity index (χ4n) is 5.67. The third-order valence-corrected chi connectivity index (χ3v) is 10.6. The van der Waals surface area contributed by atoms with E-state index in [0.29, 0.717) is 38.1 Å². The Balaban J connectivity index is 1.44. The predicted molar refractivity (Wildman–Crippen MR) is 206 cm³/mol. The molecule has 2 heterocycles. The van der Waals surface area contributed by atoms with Gasteiger partial charge in [-0.15, -0.1) is 23.1 Å². The Morgan fingerprint density at radius 2 is 1.54 bits per heavy atom. The molecule has 1 aromatic heterocycles. The largest absolute Gasteiger partial charge is 0.444 e. The summed E-state index contributed by atoms with van der Waals surface area (Å²) in [6.07, 6.45) is 3.56. The van der Waals surface area contributed by atoms with E-state index in [1.165, 1.54) is 23.2 Å². The standard InChI is InChI=1S/C38H51N7O5S2/c1-26(2)36-42-32(24-51-36)22-45(4)37(48)44-34(17-18-40-27(3)46)35(47)41-30(19-28-11-7-5-8-12-28)15-16-31(20-29-13-9-6-10-14-29)43-38(49)50-23-33-21-39-25-52-33/h5-14,21,24-26,30-31,34,36,42H,15-20,22-23H2,1-4H3,(H,40,46)(H,41,47)(H,43,49)(H,44,48). The van der Waals surface area contributed by atoms with Crippen LogP contribution in [0.1, 0.15) is 56.0 Å². The normalized spacial score (nSPS) is 15.4. The Morgan fingerprint density at radius 1 is 0.904 bits per heavy atom. The molecule has 0 aliphatic carbocycles. The highest BCUT2D eigenvalue weighted by Crippen LogP contribution is 2.26. The molecule has 0 saturated heterocycles. The number of nitrogens with one attached hydrogen (secondary N) is 5. The van der Waals surface area contributed by atoms with Gasteiger partial charge in [0.1, 0.15) is 12.6 Å². The molecule has 5 amide bonds. The van der Waals surface area contributed by atoms with Crippen molar-refractivity contribution in [1.29, 1.82) is 0 Å². The molecule has 14 heteroatoms. The van der Waals surface area contributed by atoms with Crippen molar-refractivity contribution < 1.29 is 23.9 Å². The van der Waals surface area contributed by atoms with Gasteiger partial charge in [-0.2, -0.15) is 0 Å². The summed E-state index contributed by atoms with van der Waals surface area (Å²) >= 11 is 3.11. The van der Waals surface area contributed by atoms with Gasteiger partial charge in [0.25, 0.3) is 0 Å². The van der Waals surface area contributed by atoms with E-state index < -0.39 is 18.2 Å². The lowest BCUT2D eigenvalue weighted by atomic mass is 9.95. The lowest BCUT2D eigenvalue weighted by molar-refractivity contribution is -0.124. The zero-order chi connectivity index (χ0) is 37.3. The van der Waals surface area contributed by atoms with Crippen LogP contribution in [0.4, 0.5) is 9.59 Å². The van der Waals surface area contributed by atoms with Crippen molar-refractivity contribution in [3.8, 4) is 0 Å². The van der Waals surface area contributed by atoms with Crippen LogP contribution >= 0.6 is 23.1 Å². The number of hydrogen-bond acceptors (Lipinski definition) is 9. The Morgan fingerprint density at radius 3 is 2.10 bits per heavy atom. The Kier molecular flexibility index (Phi) is 16.3. The van der Waals surface area contributed by atoms with Gasteiger partial charge >= 0.3 is 12.1 Å². The third-order valence-electron chi connectivity index (χ3n) is 8.48. The summed E-state index contributed by atoms with van der Waals surface area (Å²) in [6.45, 7) is 6.40. The second kappa shape index (κ2) is 21.1. The van der Waals surface area contributed by atoms with Crippen LogP contribution in [-0.4, -0.2) is 77.5 Å². The summed E-state index contributed by atoms with van der Waals surface area (Å²) in [5.74, 6) is -0.141. The number of benzene rings is 2. The number of aromatic nitrogens is 1. The molecule has 2 aromatic carbocycles. The van der Waals surface area contributed by atoms with Crippen LogP contribution in [0.25, 0.3) is 0 Å². The van der Waals surface area contributed by atoms with E-state index in [1.807, 2.05) is 66.1 Å². The van der Waals surface area contributed by atoms with Gasteiger partial charge in [-0.05, 0) is 54.6 Å². The third kappa shape index (κ3) is 14.2. The van der Waals surface area contributed by atoms with E-state index in [1.54, 1.807) is 30.5 Å². The highest BCUT2D eigenvalue weighted by molar-refractivity contribution is 8.03.